The number of carbonyl (C=O) groups excluding carboxylic acids is 2. The Morgan fingerprint density at radius 2 is 2.04 bits per heavy atom. The highest BCUT2D eigenvalue weighted by molar-refractivity contribution is 7.19. The Balaban J connectivity index is 1.75. The average molecular weight is 357 g/mol. The van der Waals surface area contributed by atoms with Gasteiger partial charge in [-0.1, -0.05) is 48.6 Å². The number of benzene rings is 1. The van der Waals surface area contributed by atoms with Crippen LogP contribution in [0.4, 0.5) is 5.13 Å². The number of anilines is 1. The monoisotopic (exact) mass is 357 g/mol. The van der Waals surface area contributed by atoms with E-state index in [1.54, 1.807) is 4.90 Å². The Bertz CT molecular complexity index is 757. The van der Waals surface area contributed by atoms with Crippen LogP contribution in [0.2, 0.25) is 0 Å². The van der Waals surface area contributed by atoms with Gasteiger partial charge in [-0.25, -0.2) is 4.98 Å². The highest BCUT2D eigenvalue weighted by Crippen LogP contribution is 2.33. The van der Waals surface area contributed by atoms with E-state index in [1.165, 1.54) is 11.3 Å². The fourth-order valence-corrected chi connectivity index (χ4v) is 4.18. The van der Waals surface area contributed by atoms with Crippen LogP contribution in [0.25, 0.3) is 10.4 Å². The van der Waals surface area contributed by atoms with Gasteiger partial charge in [0.1, 0.15) is 6.04 Å². The number of rotatable bonds is 4. The molecule has 1 N–H and O–H groups in total. The number of thiazole rings is 1. The first-order chi connectivity index (χ1) is 12.1. The van der Waals surface area contributed by atoms with Crippen LogP contribution in [0, 0.1) is 6.92 Å². The van der Waals surface area contributed by atoms with Crippen molar-refractivity contribution in [3.63, 3.8) is 0 Å². The minimum Gasteiger partial charge on any atom is -0.331 e. The van der Waals surface area contributed by atoms with E-state index in [4.69, 9.17) is 0 Å². The zero-order chi connectivity index (χ0) is 17.8. The second-order valence-corrected chi connectivity index (χ2v) is 7.24. The van der Waals surface area contributed by atoms with Crippen molar-refractivity contribution in [3.05, 3.63) is 36.0 Å². The lowest BCUT2D eigenvalue weighted by molar-refractivity contribution is -0.140. The molecule has 1 aromatic heterocycles. The highest BCUT2D eigenvalue weighted by Gasteiger charge is 2.31. The lowest BCUT2D eigenvalue weighted by Crippen LogP contribution is -2.49. The molecule has 132 valence electrons. The van der Waals surface area contributed by atoms with Gasteiger partial charge < -0.3 is 10.2 Å². The van der Waals surface area contributed by atoms with Crippen LogP contribution >= 0.6 is 11.3 Å². The van der Waals surface area contributed by atoms with E-state index < -0.39 is 0 Å². The van der Waals surface area contributed by atoms with Crippen molar-refractivity contribution in [2.24, 2.45) is 0 Å². The first kappa shape index (κ1) is 17.6. The van der Waals surface area contributed by atoms with Crippen molar-refractivity contribution in [1.82, 2.24) is 9.88 Å². The molecular weight excluding hydrogens is 334 g/mol. The van der Waals surface area contributed by atoms with Crippen LogP contribution in [0.3, 0.4) is 0 Å². The van der Waals surface area contributed by atoms with Crippen molar-refractivity contribution < 1.29 is 9.59 Å². The number of piperidine rings is 1. The van der Waals surface area contributed by atoms with E-state index >= 15 is 0 Å². The average Bonchev–Trinajstić information content (AvgIpc) is 3.01. The van der Waals surface area contributed by atoms with Gasteiger partial charge in [0.15, 0.2) is 5.13 Å². The predicted molar refractivity (Wildman–Crippen MR) is 101 cm³/mol. The second-order valence-electron chi connectivity index (χ2n) is 6.24. The molecule has 0 aliphatic carbocycles. The van der Waals surface area contributed by atoms with E-state index in [0.29, 0.717) is 24.5 Å². The SMILES string of the molecule is CCC(=O)N1CCCC[C@@H]1C(=O)Nc1nc(C)c(-c2ccccc2)s1. The van der Waals surface area contributed by atoms with Gasteiger partial charge in [0.05, 0.1) is 10.6 Å². The summed E-state index contributed by atoms with van der Waals surface area (Å²) < 4.78 is 0. The normalized spacial score (nSPS) is 17.4. The molecule has 0 unspecified atom stereocenters. The first-order valence-corrected chi connectivity index (χ1v) is 9.55. The summed E-state index contributed by atoms with van der Waals surface area (Å²) in [4.78, 5) is 32.1. The molecule has 0 saturated carbocycles. The molecule has 5 nitrogen and oxygen atoms in total. The van der Waals surface area contributed by atoms with Gasteiger partial charge in [0.2, 0.25) is 11.8 Å². The number of nitrogens with zero attached hydrogens (tertiary/aromatic N) is 2. The van der Waals surface area contributed by atoms with Crippen LogP contribution in [0.15, 0.2) is 30.3 Å². The topological polar surface area (TPSA) is 62.3 Å². The Morgan fingerprint density at radius 3 is 2.76 bits per heavy atom. The summed E-state index contributed by atoms with van der Waals surface area (Å²) >= 11 is 1.47. The van der Waals surface area contributed by atoms with Crippen molar-refractivity contribution in [2.75, 3.05) is 11.9 Å². The molecule has 6 heteroatoms. The van der Waals surface area contributed by atoms with Crippen molar-refractivity contribution in [2.45, 2.75) is 45.6 Å². The second kappa shape index (κ2) is 7.78. The lowest BCUT2D eigenvalue weighted by Gasteiger charge is -2.34. The standard InChI is InChI=1S/C19H23N3O2S/c1-3-16(23)22-12-8-7-11-15(22)18(24)21-19-20-13(2)17(25-19)14-9-5-4-6-10-14/h4-6,9-10,15H,3,7-8,11-12H2,1-2H3,(H,20,21,24)/t15-/m1/s1. The quantitative estimate of drug-likeness (QED) is 0.904. The first-order valence-electron chi connectivity index (χ1n) is 8.73. The molecule has 2 heterocycles. The number of nitrogens with one attached hydrogen (secondary N) is 1. The molecule has 1 aliphatic heterocycles. The molecule has 1 aromatic carbocycles. The van der Waals surface area contributed by atoms with E-state index in [1.807, 2.05) is 44.2 Å². The molecule has 3 rings (SSSR count). The lowest BCUT2D eigenvalue weighted by atomic mass is 10.0. The Hall–Kier alpha value is -2.21. The van der Waals surface area contributed by atoms with E-state index in [-0.39, 0.29) is 17.9 Å². The van der Waals surface area contributed by atoms with Gasteiger partial charge in [-0.05, 0) is 31.7 Å². The number of aromatic nitrogens is 1. The summed E-state index contributed by atoms with van der Waals surface area (Å²) in [6.07, 6.45) is 3.08. The third kappa shape index (κ3) is 3.90. The number of aryl methyl sites for hydroxylation is 1. The summed E-state index contributed by atoms with van der Waals surface area (Å²) in [5.41, 5.74) is 2.00. The zero-order valence-electron chi connectivity index (χ0n) is 14.6. The molecule has 1 atom stereocenters. The highest BCUT2D eigenvalue weighted by atomic mass is 32.1. The van der Waals surface area contributed by atoms with Gasteiger partial charge in [0, 0.05) is 13.0 Å². The summed E-state index contributed by atoms with van der Waals surface area (Å²) in [6, 6.07) is 9.64. The Kier molecular flexibility index (Phi) is 5.48. The van der Waals surface area contributed by atoms with Crippen LogP contribution in [-0.4, -0.2) is 34.3 Å². The summed E-state index contributed by atoms with van der Waals surface area (Å²) in [5, 5.41) is 3.52. The van der Waals surface area contributed by atoms with E-state index in [9.17, 15) is 9.59 Å². The minimum atomic E-state index is -0.384. The molecule has 1 saturated heterocycles. The Morgan fingerprint density at radius 1 is 1.28 bits per heavy atom. The molecule has 1 aliphatic rings. The van der Waals surface area contributed by atoms with Gasteiger partial charge >= 0.3 is 0 Å². The molecule has 0 radical (unpaired) electrons. The smallest absolute Gasteiger partial charge is 0.248 e. The van der Waals surface area contributed by atoms with Crippen LogP contribution in [0.1, 0.15) is 38.3 Å². The third-order valence-electron chi connectivity index (χ3n) is 4.49. The van der Waals surface area contributed by atoms with Crippen molar-refractivity contribution in [1.29, 1.82) is 0 Å². The molecular formula is C19H23N3O2S. The number of hydrogen-bond donors (Lipinski definition) is 1. The maximum Gasteiger partial charge on any atom is 0.248 e. The number of carbonyl (C=O) groups is 2. The molecule has 0 bridgehead atoms. The molecule has 2 amide bonds. The number of amides is 2. The van der Waals surface area contributed by atoms with Crippen molar-refractivity contribution in [3.8, 4) is 10.4 Å². The van der Waals surface area contributed by atoms with E-state index in [2.05, 4.69) is 10.3 Å². The van der Waals surface area contributed by atoms with Gasteiger partial charge in [0.25, 0.3) is 0 Å². The minimum absolute atomic E-state index is 0.0418. The zero-order valence-corrected chi connectivity index (χ0v) is 15.4. The van der Waals surface area contributed by atoms with Crippen LogP contribution in [0.5, 0.6) is 0 Å². The molecule has 0 spiro atoms. The summed E-state index contributed by atoms with van der Waals surface area (Å²) in [7, 11) is 0. The van der Waals surface area contributed by atoms with Crippen molar-refractivity contribution >= 4 is 28.3 Å². The molecule has 1 fully saturated rings. The largest absolute Gasteiger partial charge is 0.331 e. The fourth-order valence-electron chi connectivity index (χ4n) is 3.20. The van der Waals surface area contributed by atoms with Crippen LogP contribution < -0.4 is 5.32 Å². The number of hydrogen-bond acceptors (Lipinski definition) is 4. The van der Waals surface area contributed by atoms with Gasteiger partial charge in [-0.3, -0.25) is 9.59 Å². The Labute approximate surface area is 152 Å². The van der Waals surface area contributed by atoms with E-state index in [0.717, 1.165) is 29.0 Å². The van der Waals surface area contributed by atoms with Gasteiger partial charge in [-0.15, -0.1) is 0 Å². The number of likely N-dealkylation sites (tertiary alicyclic amines) is 1. The van der Waals surface area contributed by atoms with Crippen LogP contribution in [-0.2, 0) is 9.59 Å². The molecule has 2 aromatic rings. The maximum absolute atomic E-state index is 12.7. The molecule has 25 heavy (non-hydrogen) atoms. The summed E-state index contributed by atoms with van der Waals surface area (Å²) in [6.45, 7) is 4.45. The third-order valence-corrected chi connectivity index (χ3v) is 5.61. The fraction of sp³-hybridized carbons (Fsp3) is 0.421. The predicted octanol–water partition coefficient (Wildman–Crippen LogP) is 3.85. The summed E-state index contributed by atoms with van der Waals surface area (Å²) in [5.74, 6) is -0.0880. The maximum atomic E-state index is 12.7. The van der Waals surface area contributed by atoms with Gasteiger partial charge in [-0.2, -0.15) is 0 Å².